The molecule has 0 aliphatic heterocycles. The SMILES string of the molecule is Cc1cc([N+](=O)[O-])c(Cl)c(S(=O)(=O)NCC(C)(O)C(=O)O)c1. The highest BCUT2D eigenvalue weighted by molar-refractivity contribution is 7.89. The number of rotatable bonds is 6. The Kier molecular flexibility index (Phi) is 5.13. The van der Waals surface area contributed by atoms with Crippen LogP contribution in [-0.2, 0) is 14.8 Å². The van der Waals surface area contributed by atoms with E-state index in [0.29, 0.717) is 0 Å². The molecule has 0 amide bonds. The molecular formula is C11H13ClN2O7S. The predicted molar refractivity (Wildman–Crippen MR) is 76.3 cm³/mol. The normalized spacial score (nSPS) is 14.4. The average molecular weight is 353 g/mol. The van der Waals surface area contributed by atoms with Gasteiger partial charge in [-0.2, -0.15) is 0 Å². The van der Waals surface area contributed by atoms with Crippen molar-refractivity contribution in [3.8, 4) is 0 Å². The first-order valence-corrected chi connectivity index (χ1v) is 7.64. The highest BCUT2D eigenvalue weighted by Crippen LogP contribution is 2.32. The molecule has 3 N–H and O–H groups in total. The minimum Gasteiger partial charge on any atom is -0.479 e. The van der Waals surface area contributed by atoms with Crippen molar-refractivity contribution in [3.63, 3.8) is 0 Å². The van der Waals surface area contributed by atoms with Gasteiger partial charge in [-0.05, 0) is 25.5 Å². The van der Waals surface area contributed by atoms with Gasteiger partial charge in [-0.15, -0.1) is 0 Å². The minimum absolute atomic E-state index is 0.279. The number of sulfonamides is 1. The molecule has 0 heterocycles. The first-order valence-electron chi connectivity index (χ1n) is 5.78. The number of aryl methyl sites for hydroxylation is 1. The summed E-state index contributed by atoms with van der Waals surface area (Å²) >= 11 is 5.73. The fourth-order valence-corrected chi connectivity index (χ4v) is 3.23. The van der Waals surface area contributed by atoms with Crippen LogP contribution in [-0.4, -0.2) is 41.7 Å². The molecule has 0 bridgehead atoms. The van der Waals surface area contributed by atoms with Gasteiger partial charge in [0.05, 0.1) is 11.5 Å². The van der Waals surface area contributed by atoms with Gasteiger partial charge in [0.1, 0.15) is 9.92 Å². The standard InChI is InChI=1S/C11H13ClN2O7S/c1-6-3-7(14(18)19)9(12)8(4-6)22(20,21)13-5-11(2,17)10(15)16/h3-4,13,17H,5H2,1-2H3,(H,15,16). The van der Waals surface area contributed by atoms with E-state index in [0.717, 1.165) is 19.1 Å². The maximum atomic E-state index is 12.1. The lowest BCUT2D eigenvalue weighted by Crippen LogP contribution is -2.46. The highest BCUT2D eigenvalue weighted by Gasteiger charge is 2.33. The van der Waals surface area contributed by atoms with Crippen molar-refractivity contribution >= 4 is 33.3 Å². The number of aliphatic carboxylic acids is 1. The van der Waals surface area contributed by atoms with E-state index < -0.39 is 48.7 Å². The highest BCUT2D eigenvalue weighted by atomic mass is 35.5. The Morgan fingerprint density at radius 1 is 1.50 bits per heavy atom. The van der Waals surface area contributed by atoms with E-state index in [9.17, 15) is 28.4 Å². The molecule has 0 aliphatic carbocycles. The Morgan fingerprint density at radius 3 is 2.50 bits per heavy atom. The molecule has 0 radical (unpaired) electrons. The zero-order valence-corrected chi connectivity index (χ0v) is 13.1. The van der Waals surface area contributed by atoms with Crippen LogP contribution in [0, 0.1) is 17.0 Å². The molecule has 122 valence electrons. The number of benzene rings is 1. The zero-order valence-electron chi connectivity index (χ0n) is 11.5. The summed E-state index contributed by atoms with van der Waals surface area (Å²) in [5, 5.41) is 28.5. The summed E-state index contributed by atoms with van der Waals surface area (Å²) in [7, 11) is -4.35. The molecule has 1 atom stereocenters. The summed E-state index contributed by atoms with van der Waals surface area (Å²) in [5.41, 5.74) is -2.65. The molecule has 0 aromatic heterocycles. The molecule has 1 aromatic rings. The van der Waals surface area contributed by atoms with Gasteiger partial charge in [-0.25, -0.2) is 17.9 Å². The number of hydrogen-bond donors (Lipinski definition) is 3. The summed E-state index contributed by atoms with van der Waals surface area (Å²) in [5.74, 6) is -1.63. The quantitative estimate of drug-likeness (QED) is 0.503. The van der Waals surface area contributed by atoms with Gasteiger partial charge in [0.2, 0.25) is 10.0 Å². The average Bonchev–Trinajstić information content (AvgIpc) is 2.38. The Morgan fingerprint density at radius 2 is 2.05 bits per heavy atom. The number of nitrogens with one attached hydrogen (secondary N) is 1. The van der Waals surface area contributed by atoms with Crippen LogP contribution in [0.5, 0.6) is 0 Å². The van der Waals surface area contributed by atoms with Crippen molar-refractivity contribution in [1.29, 1.82) is 0 Å². The van der Waals surface area contributed by atoms with E-state index in [1.807, 2.05) is 4.72 Å². The lowest BCUT2D eigenvalue weighted by atomic mass is 10.1. The van der Waals surface area contributed by atoms with Crippen LogP contribution in [0.3, 0.4) is 0 Å². The second-order valence-corrected chi connectivity index (χ2v) is 6.87. The van der Waals surface area contributed by atoms with Crippen molar-refractivity contribution < 1.29 is 28.3 Å². The van der Waals surface area contributed by atoms with Crippen LogP contribution in [0.15, 0.2) is 17.0 Å². The van der Waals surface area contributed by atoms with Gasteiger partial charge in [-0.1, -0.05) is 11.6 Å². The number of halogens is 1. The predicted octanol–water partition coefficient (Wildman–Crippen LogP) is 0.671. The lowest BCUT2D eigenvalue weighted by molar-refractivity contribution is -0.385. The molecule has 1 aromatic carbocycles. The number of hydrogen-bond acceptors (Lipinski definition) is 6. The Balaban J connectivity index is 3.25. The third-order valence-corrected chi connectivity index (χ3v) is 4.65. The molecular weight excluding hydrogens is 340 g/mol. The summed E-state index contributed by atoms with van der Waals surface area (Å²) in [4.78, 5) is 20.2. The van der Waals surface area contributed by atoms with Crippen LogP contribution in [0.4, 0.5) is 5.69 Å². The van der Waals surface area contributed by atoms with Gasteiger partial charge < -0.3 is 10.2 Å². The number of carboxylic acid groups (broad SMARTS) is 1. The number of carboxylic acids is 1. The first kappa shape index (κ1) is 18.3. The van der Waals surface area contributed by atoms with E-state index >= 15 is 0 Å². The number of nitro benzene ring substituents is 1. The van der Waals surface area contributed by atoms with Gasteiger partial charge in [0.15, 0.2) is 5.60 Å². The second-order valence-electron chi connectivity index (χ2n) is 4.76. The van der Waals surface area contributed by atoms with E-state index in [2.05, 4.69) is 0 Å². The summed E-state index contributed by atoms with van der Waals surface area (Å²) in [6.07, 6.45) is 0. The number of nitrogens with zero attached hydrogens (tertiary/aromatic N) is 1. The largest absolute Gasteiger partial charge is 0.479 e. The van der Waals surface area contributed by atoms with Crippen molar-refractivity contribution in [1.82, 2.24) is 4.72 Å². The van der Waals surface area contributed by atoms with Gasteiger partial charge in [0, 0.05) is 6.07 Å². The van der Waals surface area contributed by atoms with E-state index in [-0.39, 0.29) is 5.56 Å². The molecule has 22 heavy (non-hydrogen) atoms. The first-order chi connectivity index (χ1) is 9.88. The fourth-order valence-electron chi connectivity index (χ4n) is 1.43. The lowest BCUT2D eigenvalue weighted by Gasteiger charge is -2.18. The molecule has 9 nitrogen and oxygen atoms in total. The van der Waals surface area contributed by atoms with Gasteiger partial charge in [-0.3, -0.25) is 10.1 Å². The Bertz CT molecular complexity index is 730. The smallest absolute Gasteiger partial charge is 0.336 e. The van der Waals surface area contributed by atoms with Crippen molar-refractivity contribution in [2.75, 3.05) is 6.54 Å². The Labute approximate surface area is 130 Å². The minimum atomic E-state index is -4.35. The van der Waals surface area contributed by atoms with Crippen molar-refractivity contribution in [3.05, 3.63) is 32.8 Å². The number of aliphatic hydroxyl groups is 1. The van der Waals surface area contributed by atoms with Crippen molar-refractivity contribution in [2.24, 2.45) is 0 Å². The zero-order chi connectivity index (χ0) is 17.3. The van der Waals surface area contributed by atoms with Gasteiger partial charge in [0.25, 0.3) is 5.69 Å². The molecule has 0 saturated heterocycles. The molecule has 0 saturated carbocycles. The van der Waals surface area contributed by atoms with Crippen LogP contribution in [0.2, 0.25) is 5.02 Å². The third-order valence-electron chi connectivity index (χ3n) is 2.72. The van der Waals surface area contributed by atoms with Crippen molar-refractivity contribution in [2.45, 2.75) is 24.3 Å². The van der Waals surface area contributed by atoms with Crippen LogP contribution in [0.1, 0.15) is 12.5 Å². The molecule has 1 rings (SSSR count). The topological polar surface area (TPSA) is 147 Å². The summed E-state index contributed by atoms with van der Waals surface area (Å²) in [6.45, 7) is 1.51. The Hall–Kier alpha value is -1.75. The van der Waals surface area contributed by atoms with E-state index in [4.69, 9.17) is 16.7 Å². The molecule has 0 spiro atoms. The second kappa shape index (κ2) is 6.16. The maximum Gasteiger partial charge on any atom is 0.336 e. The van der Waals surface area contributed by atoms with Gasteiger partial charge >= 0.3 is 5.97 Å². The maximum absolute atomic E-state index is 12.1. The van der Waals surface area contributed by atoms with Crippen LogP contribution < -0.4 is 4.72 Å². The molecule has 11 heteroatoms. The fraction of sp³-hybridized carbons (Fsp3) is 0.364. The van der Waals surface area contributed by atoms with E-state index in [1.165, 1.54) is 6.92 Å². The molecule has 0 aliphatic rings. The monoisotopic (exact) mass is 352 g/mol. The number of carbonyl (C=O) groups is 1. The summed E-state index contributed by atoms with van der Waals surface area (Å²) < 4.78 is 26.1. The molecule has 1 unspecified atom stereocenters. The third kappa shape index (κ3) is 3.91. The van der Waals surface area contributed by atoms with E-state index in [1.54, 1.807) is 0 Å². The van der Waals surface area contributed by atoms with Crippen LogP contribution in [0.25, 0.3) is 0 Å². The van der Waals surface area contributed by atoms with Crippen LogP contribution >= 0.6 is 11.6 Å². The number of nitro groups is 1. The summed E-state index contributed by atoms with van der Waals surface area (Å²) in [6, 6.07) is 2.21. The molecule has 0 fully saturated rings.